The summed E-state index contributed by atoms with van der Waals surface area (Å²) >= 11 is 0. The van der Waals surface area contributed by atoms with Gasteiger partial charge in [0, 0.05) is 48.5 Å². The van der Waals surface area contributed by atoms with Gasteiger partial charge in [-0.05, 0) is 30.0 Å². The second-order valence-electron chi connectivity index (χ2n) is 7.51. The number of fused-ring (bicyclic) bond motifs is 2. The van der Waals surface area contributed by atoms with Crippen molar-refractivity contribution in [1.82, 2.24) is 15.3 Å². The molecule has 0 saturated carbocycles. The number of anilines is 3. The quantitative estimate of drug-likeness (QED) is 0.473. The summed E-state index contributed by atoms with van der Waals surface area (Å²) in [6.45, 7) is 4.31. The van der Waals surface area contributed by atoms with Gasteiger partial charge in [0.15, 0.2) is 5.82 Å². The Morgan fingerprint density at radius 1 is 1.29 bits per heavy atom. The molecule has 1 aromatic carbocycles. The van der Waals surface area contributed by atoms with E-state index in [1.54, 1.807) is 18.3 Å². The van der Waals surface area contributed by atoms with E-state index in [-0.39, 0.29) is 17.6 Å². The first-order chi connectivity index (χ1) is 15.0. The lowest BCUT2D eigenvalue weighted by Gasteiger charge is -2.26. The summed E-state index contributed by atoms with van der Waals surface area (Å²) in [4.78, 5) is 20.5. The van der Waals surface area contributed by atoms with Crippen molar-refractivity contribution in [1.29, 1.82) is 0 Å². The van der Waals surface area contributed by atoms with Crippen LogP contribution in [-0.4, -0.2) is 48.4 Å². The Hall–Kier alpha value is -3.66. The molecule has 1 amide bonds. The fourth-order valence-corrected chi connectivity index (χ4v) is 3.69. The van der Waals surface area contributed by atoms with Crippen molar-refractivity contribution >= 4 is 34.1 Å². The molecule has 4 heterocycles. The molecule has 1 fully saturated rings. The third kappa shape index (κ3) is 3.44. The minimum atomic E-state index is -0.588. The lowest BCUT2D eigenvalue weighted by atomic mass is 9.97. The number of nitrogens with one attached hydrogen (secondary N) is 3. The molecule has 2 aliphatic heterocycles. The Bertz CT molecular complexity index is 1200. The highest BCUT2D eigenvalue weighted by molar-refractivity contribution is 5.99. The van der Waals surface area contributed by atoms with Crippen LogP contribution in [0.4, 0.5) is 26.4 Å². The number of nitrogens with zero attached hydrogens (tertiary/aromatic N) is 2. The van der Waals surface area contributed by atoms with Crippen molar-refractivity contribution in [2.45, 2.75) is 13.0 Å². The number of rotatable bonds is 3. The van der Waals surface area contributed by atoms with Crippen molar-refractivity contribution < 1.29 is 18.7 Å². The first kappa shape index (κ1) is 19.3. The van der Waals surface area contributed by atoms with E-state index >= 15 is 4.39 Å². The summed E-state index contributed by atoms with van der Waals surface area (Å²) in [6, 6.07) is 3.31. The van der Waals surface area contributed by atoms with E-state index in [2.05, 4.69) is 25.9 Å². The maximum Gasteiger partial charge on any atom is 0.413 e. The number of hydrogen-bond acceptors (Lipinski definition) is 8. The predicted octanol–water partition coefficient (Wildman–Crippen LogP) is 2.65. The molecule has 0 atom stereocenters. The minimum Gasteiger partial charge on any atom is -0.474 e. The lowest BCUT2D eigenvalue weighted by Crippen LogP contribution is -2.49. The Labute approximate surface area is 177 Å². The van der Waals surface area contributed by atoms with E-state index < -0.39 is 11.9 Å². The van der Waals surface area contributed by atoms with Crippen molar-refractivity contribution in [3.63, 3.8) is 0 Å². The summed E-state index contributed by atoms with van der Waals surface area (Å²) in [6.07, 6.45) is 2.28. The predicted molar refractivity (Wildman–Crippen MR) is 115 cm³/mol. The molecule has 0 radical (unpaired) electrons. The van der Waals surface area contributed by atoms with Gasteiger partial charge >= 0.3 is 6.09 Å². The molecular weight excluding hydrogens is 403 g/mol. The van der Waals surface area contributed by atoms with Crippen LogP contribution in [0, 0.1) is 12.7 Å². The van der Waals surface area contributed by atoms with E-state index in [4.69, 9.17) is 15.2 Å². The van der Waals surface area contributed by atoms with Crippen LogP contribution in [0.25, 0.3) is 21.9 Å². The molecule has 160 valence electrons. The van der Waals surface area contributed by atoms with Crippen molar-refractivity contribution in [3.05, 3.63) is 35.9 Å². The first-order valence-corrected chi connectivity index (χ1v) is 9.94. The normalized spacial score (nSPS) is 15.4. The number of halogens is 1. The molecule has 10 heteroatoms. The highest BCUT2D eigenvalue weighted by Gasteiger charge is 2.23. The first-order valence-electron chi connectivity index (χ1n) is 9.94. The molecule has 0 aliphatic carbocycles. The van der Waals surface area contributed by atoms with Gasteiger partial charge in [0.05, 0.1) is 5.69 Å². The minimum absolute atomic E-state index is 0.0176. The second kappa shape index (κ2) is 7.55. The summed E-state index contributed by atoms with van der Waals surface area (Å²) in [5.74, 6) is 0.239. The zero-order valence-corrected chi connectivity index (χ0v) is 16.8. The number of carbonyl (C=O) groups is 1. The van der Waals surface area contributed by atoms with Gasteiger partial charge in [0.1, 0.15) is 24.2 Å². The third-order valence-corrected chi connectivity index (χ3v) is 5.48. The zero-order chi connectivity index (χ0) is 21.5. The van der Waals surface area contributed by atoms with Crippen LogP contribution in [0.1, 0.15) is 5.56 Å². The molecule has 2 aliphatic rings. The van der Waals surface area contributed by atoms with Gasteiger partial charge in [-0.25, -0.2) is 19.2 Å². The molecule has 5 rings (SSSR count). The highest BCUT2D eigenvalue weighted by Crippen LogP contribution is 2.39. The van der Waals surface area contributed by atoms with Crippen LogP contribution in [0.15, 0.2) is 24.5 Å². The number of aromatic nitrogens is 2. The van der Waals surface area contributed by atoms with E-state index in [0.717, 1.165) is 11.3 Å². The molecule has 31 heavy (non-hydrogen) atoms. The average Bonchev–Trinajstić information content (AvgIpc) is 2.74. The lowest BCUT2D eigenvalue weighted by molar-refractivity contribution is 0.0777. The van der Waals surface area contributed by atoms with Crippen LogP contribution in [0.2, 0.25) is 0 Å². The number of amides is 1. The zero-order valence-electron chi connectivity index (χ0n) is 16.8. The number of pyridine rings is 2. The summed E-state index contributed by atoms with van der Waals surface area (Å²) in [7, 11) is 0. The van der Waals surface area contributed by atoms with E-state index in [1.165, 1.54) is 6.20 Å². The topological polar surface area (TPSA) is 123 Å². The second-order valence-corrected chi connectivity index (χ2v) is 7.51. The molecule has 0 bridgehead atoms. The van der Waals surface area contributed by atoms with Crippen LogP contribution in [-0.2, 0) is 4.74 Å². The Kier molecular flexibility index (Phi) is 4.70. The van der Waals surface area contributed by atoms with Gasteiger partial charge in [-0.3, -0.25) is 5.32 Å². The maximum atomic E-state index is 15.2. The van der Waals surface area contributed by atoms with E-state index in [1.807, 2.05) is 6.92 Å². The number of benzene rings is 1. The number of carbonyl (C=O) groups excluding carboxylic acids is 1. The smallest absolute Gasteiger partial charge is 0.413 e. The van der Waals surface area contributed by atoms with Gasteiger partial charge in [-0.15, -0.1) is 0 Å². The van der Waals surface area contributed by atoms with Gasteiger partial charge in [0.25, 0.3) is 0 Å². The molecule has 5 N–H and O–H groups in total. The standard InChI is InChI=1S/C21H21FN6O3/c1-10-14(8-27-20-19(10)25-2-3-30-20)13-4-11-5-16(26-9-15(11)18(23)17(13)22)28-21(29)31-12-6-24-7-12/h4-5,8-9,12,24-25H,2-3,6-7,23H2,1H3,(H,26,28,29). The van der Waals surface area contributed by atoms with Gasteiger partial charge in [-0.1, -0.05) is 0 Å². The SMILES string of the molecule is Cc1c(-c2cc3cc(NC(=O)OC4CNC4)ncc3c(N)c2F)cnc2c1NCCO2. The van der Waals surface area contributed by atoms with Crippen LogP contribution >= 0.6 is 0 Å². The van der Waals surface area contributed by atoms with E-state index in [0.29, 0.717) is 54.0 Å². The van der Waals surface area contributed by atoms with Crippen LogP contribution in [0.3, 0.4) is 0 Å². The number of ether oxygens (including phenoxy) is 2. The number of nitrogen functional groups attached to an aromatic ring is 1. The average molecular weight is 424 g/mol. The molecule has 9 nitrogen and oxygen atoms in total. The van der Waals surface area contributed by atoms with Gasteiger partial charge < -0.3 is 25.8 Å². The Balaban J connectivity index is 1.53. The molecule has 3 aromatic rings. The summed E-state index contributed by atoms with van der Waals surface area (Å²) in [5.41, 5.74) is 8.54. The molecule has 2 aromatic heterocycles. The van der Waals surface area contributed by atoms with Crippen LogP contribution in [0.5, 0.6) is 5.88 Å². The number of hydrogen-bond donors (Lipinski definition) is 4. The fraction of sp³-hybridized carbons (Fsp3) is 0.286. The fourth-order valence-electron chi connectivity index (χ4n) is 3.69. The number of nitrogens with two attached hydrogens (primary N) is 1. The highest BCUT2D eigenvalue weighted by atomic mass is 19.1. The largest absolute Gasteiger partial charge is 0.474 e. The molecular formula is C21H21FN6O3. The summed E-state index contributed by atoms with van der Waals surface area (Å²) < 4.78 is 26.0. The summed E-state index contributed by atoms with van der Waals surface area (Å²) in [5, 5.41) is 9.96. The molecule has 0 unspecified atom stereocenters. The maximum absolute atomic E-state index is 15.2. The monoisotopic (exact) mass is 424 g/mol. The van der Waals surface area contributed by atoms with E-state index in [9.17, 15) is 4.79 Å². The van der Waals surface area contributed by atoms with Crippen LogP contribution < -0.4 is 26.4 Å². The third-order valence-electron chi connectivity index (χ3n) is 5.48. The van der Waals surface area contributed by atoms with Crippen molar-refractivity contribution in [2.24, 2.45) is 0 Å². The Morgan fingerprint density at radius 2 is 2.13 bits per heavy atom. The Morgan fingerprint density at radius 3 is 2.90 bits per heavy atom. The van der Waals surface area contributed by atoms with Gasteiger partial charge in [0.2, 0.25) is 5.88 Å². The van der Waals surface area contributed by atoms with Crippen molar-refractivity contribution in [2.75, 3.05) is 42.6 Å². The molecule has 1 saturated heterocycles. The van der Waals surface area contributed by atoms with Crippen molar-refractivity contribution in [3.8, 4) is 17.0 Å². The molecule has 0 spiro atoms. The van der Waals surface area contributed by atoms with Gasteiger partial charge in [-0.2, -0.15) is 0 Å².